The highest BCUT2D eigenvalue weighted by Gasteiger charge is 2.17. The van der Waals surface area contributed by atoms with E-state index in [9.17, 15) is 14.9 Å². The van der Waals surface area contributed by atoms with Gasteiger partial charge in [0.2, 0.25) is 0 Å². The van der Waals surface area contributed by atoms with Gasteiger partial charge in [0.15, 0.2) is 5.76 Å². The van der Waals surface area contributed by atoms with Crippen molar-refractivity contribution in [3.8, 4) is 5.75 Å². The maximum absolute atomic E-state index is 11.8. The molecule has 1 amide bonds. The van der Waals surface area contributed by atoms with Crippen LogP contribution in [0.15, 0.2) is 40.8 Å². The monoisotopic (exact) mass is 332 g/mol. The Hall–Kier alpha value is -2.83. The van der Waals surface area contributed by atoms with E-state index in [1.165, 1.54) is 11.6 Å². The minimum absolute atomic E-state index is 0.0815. The molecule has 0 aliphatic rings. The first-order valence-corrected chi connectivity index (χ1v) is 7.53. The fourth-order valence-corrected chi connectivity index (χ4v) is 2.02. The topological polar surface area (TPSA) is 94.6 Å². The fraction of sp³-hybridized carbons (Fsp3) is 0.353. The summed E-state index contributed by atoms with van der Waals surface area (Å²) in [5.74, 6) is -0.368. The summed E-state index contributed by atoms with van der Waals surface area (Å²) in [5.41, 5.74) is 1.29. The Morgan fingerprint density at radius 3 is 2.42 bits per heavy atom. The molecule has 0 atom stereocenters. The highest BCUT2D eigenvalue weighted by atomic mass is 16.6. The summed E-state index contributed by atoms with van der Waals surface area (Å²) in [4.78, 5) is 21.6. The van der Waals surface area contributed by atoms with Gasteiger partial charge in [0.05, 0.1) is 12.6 Å². The highest BCUT2D eigenvalue weighted by Crippen LogP contribution is 2.24. The smallest absolute Gasteiger partial charge is 0.433 e. The van der Waals surface area contributed by atoms with Gasteiger partial charge in [0.1, 0.15) is 17.3 Å². The second-order valence-electron chi connectivity index (χ2n) is 6.27. The van der Waals surface area contributed by atoms with Crippen molar-refractivity contribution in [3.63, 3.8) is 0 Å². The van der Waals surface area contributed by atoms with E-state index in [-0.39, 0.29) is 24.3 Å². The zero-order chi connectivity index (χ0) is 17.7. The van der Waals surface area contributed by atoms with Gasteiger partial charge in [-0.15, -0.1) is 0 Å². The van der Waals surface area contributed by atoms with Crippen molar-refractivity contribution in [2.24, 2.45) is 0 Å². The molecule has 1 aromatic carbocycles. The molecule has 0 bridgehead atoms. The number of carbonyl (C=O) groups is 1. The minimum atomic E-state index is -0.693. The van der Waals surface area contributed by atoms with E-state index in [4.69, 9.17) is 9.15 Å². The zero-order valence-electron chi connectivity index (χ0n) is 13.9. The number of benzene rings is 1. The Kier molecular flexibility index (Phi) is 5.23. The number of amides is 1. The SMILES string of the molecule is CC(C)(C)c1ccc(OCCNC(=O)c2ccc([N+](=O)[O-])o2)cc1. The van der Waals surface area contributed by atoms with Gasteiger partial charge in [0.25, 0.3) is 5.91 Å². The lowest BCUT2D eigenvalue weighted by Crippen LogP contribution is -2.27. The van der Waals surface area contributed by atoms with E-state index < -0.39 is 16.7 Å². The van der Waals surface area contributed by atoms with Gasteiger partial charge < -0.3 is 14.5 Å². The summed E-state index contributed by atoms with van der Waals surface area (Å²) >= 11 is 0. The molecule has 7 nitrogen and oxygen atoms in total. The van der Waals surface area contributed by atoms with Crippen LogP contribution in [-0.4, -0.2) is 24.0 Å². The molecule has 0 spiro atoms. The fourth-order valence-electron chi connectivity index (χ4n) is 2.02. The molecule has 1 aromatic heterocycles. The average molecular weight is 332 g/mol. The largest absolute Gasteiger partial charge is 0.492 e. The van der Waals surface area contributed by atoms with Gasteiger partial charge in [-0.05, 0) is 29.2 Å². The van der Waals surface area contributed by atoms with Crippen LogP contribution < -0.4 is 10.1 Å². The minimum Gasteiger partial charge on any atom is -0.492 e. The van der Waals surface area contributed by atoms with Crippen molar-refractivity contribution < 1.29 is 18.9 Å². The Labute approximate surface area is 139 Å². The lowest BCUT2D eigenvalue weighted by molar-refractivity contribution is -0.402. The van der Waals surface area contributed by atoms with Crippen LogP contribution in [0.2, 0.25) is 0 Å². The molecule has 0 unspecified atom stereocenters. The maximum atomic E-state index is 11.8. The van der Waals surface area contributed by atoms with Gasteiger partial charge in [-0.3, -0.25) is 14.9 Å². The first-order chi connectivity index (χ1) is 11.3. The van der Waals surface area contributed by atoms with Gasteiger partial charge in [0, 0.05) is 0 Å². The summed E-state index contributed by atoms with van der Waals surface area (Å²) in [6.07, 6.45) is 0. The van der Waals surface area contributed by atoms with Crippen LogP contribution in [0.3, 0.4) is 0 Å². The standard InChI is InChI=1S/C17H20N2O5/c1-17(2,3)12-4-6-13(7-5-12)23-11-10-18-16(20)14-8-9-15(24-14)19(21)22/h4-9H,10-11H2,1-3H3,(H,18,20). The van der Waals surface area contributed by atoms with Crippen LogP contribution in [-0.2, 0) is 5.41 Å². The number of ether oxygens (including phenoxy) is 1. The summed E-state index contributed by atoms with van der Waals surface area (Å²) in [5, 5.41) is 13.1. The molecule has 1 heterocycles. The molecule has 0 fully saturated rings. The Morgan fingerprint density at radius 1 is 1.21 bits per heavy atom. The van der Waals surface area contributed by atoms with Gasteiger partial charge in [-0.25, -0.2) is 0 Å². The first-order valence-electron chi connectivity index (χ1n) is 7.53. The third-order valence-electron chi connectivity index (χ3n) is 3.37. The van der Waals surface area contributed by atoms with E-state index >= 15 is 0 Å². The van der Waals surface area contributed by atoms with Crippen LogP contribution in [0.5, 0.6) is 5.75 Å². The highest BCUT2D eigenvalue weighted by molar-refractivity contribution is 5.91. The van der Waals surface area contributed by atoms with E-state index in [1.807, 2.05) is 24.3 Å². The number of furan rings is 1. The van der Waals surface area contributed by atoms with Crippen LogP contribution in [0.25, 0.3) is 0 Å². The van der Waals surface area contributed by atoms with Crippen molar-refractivity contribution in [2.45, 2.75) is 26.2 Å². The number of nitrogens with one attached hydrogen (secondary N) is 1. The summed E-state index contributed by atoms with van der Waals surface area (Å²) < 4.78 is 10.4. The number of nitrogens with zero attached hydrogens (tertiary/aromatic N) is 1. The number of hydrogen-bond donors (Lipinski definition) is 1. The van der Waals surface area contributed by atoms with Crippen LogP contribution >= 0.6 is 0 Å². The molecule has 2 aromatic rings. The van der Waals surface area contributed by atoms with Crippen molar-refractivity contribution in [2.75, 3.05) is 13.2 Å². The van der Waals surface area contributed by atoms with E-state index in [0.717, 1.165) is 6.07 Å². The number of rotatable bonds is 6. The number of nitro groups is 1. The number of carbonyl (C=O) groups excluding carboxylic acids is 1. The predicted octanol–water partition coefficient (Wildman–Crippen LogP) is 3.29. The number of hydrogen-bond acceptors (Lipinski definition) is 5. The molecule has 0 aliphatic carbocycles. The Morgan fingerprint density at radius 2 is 1.88 bits per heavy atom. The lowest BCUT2D eigenvalue weighted by atomic mass is 9.87. The second kappa shape index (κ2) is 7.16. The van der Waals surface area contributed by atoms with Crippen LogP contribution in [0, 0.1) is 10.1 Å². The van der Waals surface area contributed by atoms with Gasteiger partial charge >= 0.3 is 5.88 Å². The molecular formula is C17H20N2O5. The second-order valence-corrected chi connectivity index (χ2v) is 6.27. The third-order valence-corrected chi connectivity index (χ3v) is 3.37. The average Bonchev–Trinajstić information content (AvgIpc) is 3.01. The molecule has 1 N–H and O–H groups in total. The molecule has 2 rings (SSSR count). The predicted molar refractivity (Wildman–Crippen MR) is 88.3 cm³/mol. The van der Waals surface area contributed by atoms with E-state index in [2.05, 4.69) is 26.1 Å². The molecule has 0 saturated carbocycles. The Balaban J connectivity index is 1.78. The molecular weight excluding hydrogens is 312 g/mol. The van der Waals surface area contributed by atoms with Crippen molar-refractivity contribution >= 4 is 11.8 Å². The van der Waals surface area contributed by atoms with Crippen molar-refractivity contribution in [1.29, 1.82) is 0 Å². The molecule has 24 heavy (non-hydrogen) atoms. The maximum Gasteiger partial charge on any atom is 0.433 e. The van der Waals surface area contributed by atoms with Crippen molar-refractivity contribution in [1.82, 2.24) is 5.32 Å². The van der Waals surface area contributed by atoms with E-state index in [1.54, 1.807) is 0 Å². The normalized spacial score (nSPS) is 11.1. The van der Waals surface area contributed by atoms with Gasteiger partial charge in [-0.1, -0.05) is 32.9 Å². The molecule has 0 radical (unpaired) electrons. The zero-order valence-corrected chi connectivity index (χ0v) is 13.9. The molecule has 0 saturated heterocycles. The summed E-state index contributed by atoms with van der Waals surface area (Å²) in [7, 11) is 0. The van der Waals surface area contributed by atoms with Gasteiger partial charge in [-0.2, -0.15) is 0 Å². The molecule has 0 aliphatic heterocycles. The molecule has 128 valence electrons. The molecule has 7 heteroatoms. The van der Waals surface area contributed by atoms with Crippen LogP contribution in [0.1, 0.15) is 36.9 Å². The Bertz CT molecular complexity index is 713. The van der Waals surface area contributed by atoms with Crippen LogP contribution in [0.4, 0.5) is 5.88 Å². The first kappa shape index (κ1) is 17.5. The summed E-state index contributed by atoms with van der Waals surface area (Å²) in [6, 6.07) is 10.2. The third kappa shape index (κ3) is 4.58. The van der Waals surface area contributed by atoms with E-state index in [0.29, 0.717) is 5.75 Å². The van der Waals surface area contributed by atoms with Crippen molar-refractivity contribution in [3.05, 3.63) is 57.8 Å². The lowest BCUT2D eigenvalue weighted by Gasteiger charge is -2.19. The summed E-state index contributed by atoms with van der Waals surface area (Å²) in [6.45, 7) is 6.95. The quantitative estimate of drug-likeness (QED) is 0.497.